The fraction of sp³-hybridized carbons (Fsp3) is 0.667. The summed E-state index contributed by atoms with van der Waals surface area (Å²) in [7, 11) is -3.63. The van der Waals surface area contributed by atoms with E-state index in [-0.39, 0.29) is 23.5 Å². The Morgan fingerprint density at radius 1 is 1.38 bits per heavy atom. The lowest BCUT2D eigenvalue weighted by atomic mass is 9.77. The maximum absolute atomic E-state index is 15.0. The Morgan fingerprint density at radius 3 is 2.46 bits per heavy atom. The molecule has 0 bridgehead atoms. The van der Waals surface area contributed by atoms with Crippen LogP contribution in [0.1, 0.15) is 39.5 Å². The molecule has 0 aromatic heterocycles. The topological polar surface area (TPSA) is 116 Å². The summed E-state index contributed by atoms with van der Waals surface area (Å²) in [6.45, 7) is 2.76. The number of halogens is 1. The summed E-state index contributed by atoms with van der Waals surface area (Å²) in [5.74, 6) is -0.395. The van der Waals surface area contributed by atoms with E-state index < -0.39 is 36.5 Å². The van der Waals surface area contributed by atoms with E-state index in [1.165, 1.54) is 19.9 Å². The molecule has 24 heavy (non-hydrogen) atoms. The summed E-state index contributed by atoms with van der Waals surface area (Å²) >= 11 is 0. The molecule has 7 nitrogen and oxygen atoms in total. The zero-order valence-electron chi connectivity index (χ0n) is 13.6. The average Bonchev–Trinajstić information content (AvgIpc) is 2.33. The molecule has 132 valence electrons. The molecule has 1 heterocycles. The van der Waals surface area contributed by atoms with Crippen molar-refractivity contribution >= 4 is 15.7 Å². The van der Waals surface area contributed by atoms with Gasteiger partial charge in [-0.2, -0.15) is 0 Å². The van der Waals surface area contributed by atoms with Gasteiger partial charge in [-0.05, 0) is 39.2 Å². The summed E-state index contributed by atoms with van der Waals surface area (Å²) in [6, 6.07) is 0. The number of amidine groups is 1. The number of hydrogen-bond acceptors (Lipinski definition) is 6. The van der Waals surface area contributed by atoms with Crippen molar-refractivity contribution in [2.75, 3.05) is 5.75 Å². The van der Waals surface area contributed by atoms with Crippen molar-refractivity contribution in [3.8, 4) is 0 Å². The fourth-order valence-electron chi connectivity index (χ4n) is 3.88. The lowest BCUT2D eigenvalue weighted by Gasteiger charge is -2.48. The number of sulfone groups is 1. The highest BCUT2D eigenvalue weighted by Crippen LogP contribution is 2.49. The number of aliphatic imine (C=N–C) groups is 1. The summed E-state index contributed by atoms with van der Waals surface area (Å²) in [5, 5.41) is 11.0. The van der Waals surface area contributed by atoms with Crippen molar-refractivity contribution < 1.29 is 17.7 Å². The van der Waals surface area contributed by atoms with Crippen LogP contribution in [-0.4, -0.2) is 40.9 Å². The largest absolute Gasteiger partial charge is 0.386 e. The maximum atomic E-state index is 15.0. The highest BCUT2D eigenvalue weighted by molar-refractivity contribution is 7.93. The third-order valence-corrected chi connectivity index (χ3v) is 8.15. The number of nitro groups is 1. The van der Waals surface area contributed by atoms with E-state index in [2.05, 4.69) is 4.99 Å². The molecule has 0 aromatic carbocycles. The number of hydrogen-bond donors (Lipinski definition) is 1. The van der Waals surface area contributed by atoms with Gasteiger partial charge in [0, 0.05) is 18.1 Å². The Morgan fingerprint density at radius 2 is 2.00 bits per heavy atom. The molecular formula is C15H20FN3O4S. The van der Waals surface area contributed by atoms with Crippen LogP contribution in [0.4, 0.5) is 4.39 Å². The Hall–Kier alpha value is -1.77. The van der Waals surface area contributed by atoms with Crippen molar-refractivity contribution in [1.82, 2.24) is 0 Å². The zero-order valence-corrected chi connectivity index (χ0v) is 14.4. The van der Waals surface area contributed by atoms with Crippen molar-refractivity contribution in [2.45, 2.75) is 55.5 Å². The second kappa shape index (κ2) is 4.87. The van der Waals surface area contributed by atoms with Gasteiger partial charge in [-0.25, -0.2) is 12.8 Å². The quantitative estimate of drug-likeness (QED) is 0.596. The molecule has 1 fully saturated rings. The van der Waals surface area contributed by atoms with E-state index in [0.29, 0.717) is 12.8 Å². The molecule has 2 aliphatic carbocycles. The highest BCUT2D eigenvalue weighted by atomic mass is 32.2. The van der Waals surface area contributed by atoms with Crippen LogP contribution >= 0.6 is 0 Å². The molecule has 1 spiro atoms. The molecule has 3 aliphatic rings. The number of allylic oxidation sites excluding steroid dienone is 2. The Kier molecular flexibility index (Phi) is 3.46. The van der Waals surface area contributed by atoms with Gasteiger partial charge in [0.2, 0.25) is 0 Å². The number of nitrogens with zero attached hydrogens (tertiary/aromatic N) is 2. The molecule has 2 atom stereocenters. The Balaban J connectivity index is 2.14. The molecule has 0 aromatic rings. The monoisotopic (exact) mass is 357 g/mol. The van der Waals surface area contributed by atoms with Crippen LogP contribution in [0.3, 0.4) is 0 Å². The van der Waals surface area contributed by atoms with Crippen LogP contribution < -0.4 is 5.73 Å². The van der Waals surface area contributed by atoms with Gasteiger partial charge in [0.05, 0.1) is 16.2 Å². The standard InChI is InChI=1S/C15H20FN3O4S/c1-13(16)7-4-10(19(20)21)8-11(13)14(2)9-24(22,23)15(5-3-6-15)12(17)18-14/h4,8H,3,5-7,9H2,1-2H3,(H2,17,18)/t13?,14-/m0/s1. The Bertz CT molecular complexity index is 809. The SMILES string of the molecule is CC1(F)CC=C([N+](=O)[O-])C=C1[C@]1(C)CS(=O)(=O)C2(CCC2)C(N)=N1. The second-order valence-corrected chi connectivity index (χ2v) is 9.52. The summed E-state index contributed by atoms with van der Waals surface area (Å²) in [4.78, 5) is 14.8. The van der Waals surface area contributed by atoms with Gasteiger partial charge in [-0.1, -0.05) is 0 Å². The van der Waals surface area contributed by atoms with Crippen molar-refractivity contribution in [1.29, 1.82) is 0 Å². The minimum absolute atomic E-state index is 0.00333. The van der Waals surface area contributed by atoms with Crippen LogP contribution in [0, 0.1) is 10.1 Å². The minimum Gasteiger partial charge on any atom is -0.386 e. The van der Waals surface area contributed by atoms with Crippen molar-refractivity contribution in [2.24, 2.45) is 10.7 Å². The first-order valence-corrected chi connectivity index (χ1v) is 9.43. The van der Waals surface area contributed by atoms with Crippen LogP contribution in [0.5, 0.6) is 0 Å². The molecule has 1 aliphatic heterocycles. The van der Waals surface area contributed by atoms with E-state index in [0.717, 1.165) is 12.5 Å². The van der Waals surface area contributed by atoms with Gasteiger partial charge in [0.1, 0.15) is 16.3 Å². The molecule has 0 amide bonds. The zero-order chi connectivity index (χ0) is 18.0. The molecule has 1 saturated carbocycles. The molecule has 9 heteroatoms. The number of nitrogens with two attached hydrogens (primary N) is 1. The third-order valence-electron chi connectivity index (χ3n) is 5.40. The van der Waals surface area contributed by atoms with Crippen LogP contribution in [-0.2, 0) is 9.84 Å². The lowest BCUT2D eigenvalue weighted by Crippen LogP contribution is -2.63. The minimum atomic E-state index is -3.63. The number of rotatable bonds is 2. The normalized spacial score (nSPS) is 37.0. The van der Waals surface area contributed by atoms with E-state index in [9.17, 15) is 18.5 Å². The van der Waals surface area contributed by atoms with Gasteiger partial charge in [-0.15, -0.1) is 0 Å². The van der Waals surface area contributed by atoms with Crippen LogP contribution in [0.2, 0.25) is 0 Å². The van der Waals surface area contributed by atoms with Gasteiger partial charge in [-0.3, -0.25) is 15.1 Å². The Labute approximate surface area is 139 Å². The first-order chi connectivity index (χ1) is 10.9. The first kappa shape index (κ1) is 17.1. The summed E-state index contributed by atoms with van der Waals surface area (Å²) < 4.78 is 39.5. The van der Waals surface area contributed by atoms with Crippen molar-refractivity contribution in [3.05, 3.63) is 33.5 Å². The third kappa shape index (κ3) is 2.21. The predicted octanol–water partition coefficient (Wildman–Crippen LogP) is 1.67. The van der Waals surface area contributed by atoms with Crippen LogP contribution in [0.25, 0.3) is 0 Å². The highest BCUT2D eigenvalue weighted by Gasteiger charge is 2.59. The van der Waals surface area contributed by atoms with Gasteiger partial charge < -0.3 is 5.73 Å². The molecule has 0 saturated heterocycles. The molecule has 1 unspecified atom stereocenters. The lowest BCUT2D eigenvalue weighted by molar-refractivity contribution is -0.419. The van der Waals surface area contributed by atoms with Crippen molar-refractivity contribution in [3.63, 3.8) is 0 Å². The van der Waals surface area contributed by atoms with Gasteiger partial charge >= 0.3 is 0 Å². The second-order valence-electron chi connectivity index (χ2n) is 7.22. The van der Waals surface area contributed by atoms with E-state index in [1.807, 2.05) is 0 Å². The van der Waals surface area contributed by atoms with Gasteiger partial charge in [0.25, 0.3) is 5.70 Å². The maximum Gasteiger partial charge on any atom is 0.265 e. The smallest absolute Gasteiger partial charge is 0.265 e. The number of alkyl halides is 1. The van der Waals surface area contributed by atoms with Crippen LogP contribution in [0.15, 0.2) is 28.4 Å². The molecular weight excluding hydrogens is 337 g/mol. The summed E-state index contributed by atoms with van der Waals surface area (Å²) in [6.07, 6.45) is 3.70. The molecule has 0 radical (unpaired) electrons. The fourth-order valence-corrected chi connectivity index (χ4v) is 6.39. The van der Waals surface area contributed by atoms with E-state index in [1.54, 1.807) is 0 Å². The van der Waals surface area contributed by atoms with E-state index >= 15 is 4.39 Å². The summed E-state index contributed by atoms with van der Waals surface area (Å²) in [5.41, 5.74) is 2.37. The molecule has 3 rings (SSSR count). The first-order valence-electron chi connectivity index (χ1n) is 7.78. The van der Waals surface area contributed by atoms with Gasteiger partial charge in [0.15, 0.2) is 9.84 Å². The molecule has 2 N–H and O–H groups in total. The van der Waals surface area contributed by atoms with E-state index in [4.69, 9.17) is 5.73 Å². The average molecular weight is 357 g/mol. The predicted molar refractivity (Wildman–Crippen MR) is 87.7 cm³/mol.